The van der Waals surface area contributed by atoms with Crippen molar-refractivity contribution in [2.75, 3.05) is 12.4 Å². The van der Waals surface area contributed by atoms with E-state index in [0.29, 0.717) is 6.42 Å². The quantitative estimate of drug-likeness (QED) is 0.806. The van der Waals surface area contributed by atoms with Gasteiger partial charge in [0.15, 0.2) is 0 Å². The number of carbonyl (C=O) groups is 2. The molecule has 0 aromatic heterocycles. The number of halogens is 1. The Kier molecular flexibility index (Phi) is 5.10. The van der Waals surface area contributed by atoms with Gasteiger partial charge < -0.3 is 15.4 Å². The summed E-state index contributed by atoms with van der Waals surface area (Å²) in [5.74, 6) is -1.08. The molecule has 0 aliphatic heterocycles. The van der Waals surface area contributed by atoms with Gasteiger partial charge in [0.2, 0.25) is 0 Å². The highest BCUT2D eigenvalue weighted by atomic mass is 19.1. The van der Waals surface area contributed by atoms with E-state index in [2.05, 4.69) is 15.4 Å². The average molecular weight is 254 g/mol. The number of esters is 1. The maximum Gasteiger partial charge on any atom is 0.328 e. The monoisotopic (exact) mass is 254 g/mol. The Hall–Kier alpha value is -2.11. The minimum Gasteiger partial charge on any atom is -0.467 e. The molecule has 5 nitrogen and oxygen atoms in total. The fourth-order valence-corrected chi connectivity index (χ4v) is 1.35. The molecule has 0 spiro atoms. The van der Waals surface area contributed by atoms with E-state index >= 15 is 0 Å². The second-order valence-electron chi connectivity index (χ2n) is 3.56. The molecule has 0 saturated carbocycles. The van der Waals surface area contributed by atoms with Crippen LogP contribution in [0.25, 0.3) is 0 Å². The minimum atomic E-state index is -0.748. The summed E-state index contributed by atoms with van der Waals surface area (Å²) in [5, 5.41) is 4.72. The maximum absolute atomic E-state index is 13.3. The molecule has 6 heteroatoms. The number of hydrogen-bond acceptors (Lipinski definition) is 3. The molecule has 1 unspecified atom stereocenters. The number of rotatable bonds is 4. The van der Waals surface area contributed by atoms with Crippen molar-refractivity contribution in [3.8, 4) is 0 Å². The van der Waals surface area contributed by atoms with Gasteiger partial charge in [0.1, 0.15) is 11.9 Å². The maximum atomic E-state index is 13.3. The van der Waals surface area contributed by atoms with Crippen molar-refractivity contribution in [1.29, 1.82) is 0 Å². The van der Waals surface area contributed by atoms with Gasteiger partial charge in [-0.25, -0.2) is 14.0 Å². The molecule has 0 radical (unpaired) electrons. The molecular formula is C12H15FN2O3. The lowest BCUT2D eigenvalue weighted by atomic mass is 10.2. The Bertz CT molecular complexity index is 437. The molecule has 98 valence electrons. The third-order valence-electron chi connectivity index (χ3n) is 2.32. The molecule has 1 rings (SSSR count). The van der Waals surface area contributed by atoms with Crippen molar-refractivity contribution in [1.82, 2.24) is 5.32 Å². The molecule has 1 atom stereocenters. The fraction of sp³-hybridized carbons (Fsp3) is 0.333. The zero-order chi connectivity index (χ0) is 13.5. The molecular weight excluding hydrogens is 239 g/mol. The lowest BCUT2D eigenvalue weighted by Crippen LogP contribution is -2.43. The van der Waals surface area contributed by atoms with Crippen LogP contribution in [0.15, 0.2) is 24.3 Å². The van der Waals surface area contributed by atoms with E-state index in [-0.39, 0.29) is 5.69 Å². The second-order valence-corrected chi connectivity index (χ2v) is 3.56. The van der Waals surface area contributed by atoms with Gasteiger partial charge in [-0.15, -0.1) is 0 Å². The number of ether oxygens (including phenoxy) is 1. The summed E-state index contributed by atoms with van der Waals surface area (Å²) in [5.41, 5.74) is 0.0507. The first-order valence-electron chi connectivity index (χ1n) is 5.48. The fourth-order valence-electron chi connectivity index (χ4n) is 1.35. The zero-order valence-corrected chi connectivity index (χ0v) is 10.2. The smallest absolute Gasteiger partial charge is 0.328 e. The van der Waals surface area contributed by atoms with Crippen molar-refractivity contribution in [2.45, 2.75) is 19.4 Å². The Balaban J connectivity index is 2.61. The number of para-hydroxylation sites is 1. The van der Waals surface area contributed by atoms with Crippen LogP contribution in [0.2, 0.25) is 0 Å². The van der Waals surface area contributed by atoms with Crippen molar-refractivity contribution < 1.29 is 18.7 Å². The largest absolute Gasteiger partial charge is 0.467 e. The highest BCUT2D eigenvalue weighted by Crippen LogP contribution is 2.12. The van der Waals surface area contributed by atoms with Gasteiger partial charge in [0.05, 0.1) is 12.8 Å². The third-order valence-corrected chi connectivity index (χ3v) is 2.32. The highest BCUT2D eigenvalue weighted by Gasteiger charge is 2.19. The van der Waals surface area contributed by atoms with Crippen LogP contribution < -0.4 is 10.6 Å². The van der Waals surface area contributed by atoms with E-state index in [0.717, 1.165) is 0 Å². The molecule has 0 aliphatic rings. The van der Waals surface area contributed by atoms with Crippen molar-refractivity contribution in [3.05, 3.63) is 30.1 Å². The Morgan fingerprint density at radius 3 is 2.61 bits per heavy atom. The van der Waals surface area contributed by atoms with E-state index in [4.69, 9.17) is 0 Å². The van der Waals surface area contributed by atoms with E-state index in [1.807, 2.05) is 0 Å². The van der Waals surface area contributed by atoms with Crippen LogP contribution >= 0.6 is 0 Å². The van der Waals surface area contributed by atoms with Crippen LogP contribution in [0, 0.1) is 5.82 Å². The minimum absolute atomic E-state index is 0.0507. The molecule has 0 fully saturated rings. The van der Waals surface area contributed by atoms with Crippen molar-refractivity contribution >= 4 is 17.7 Å². The van der Waals surface area contributed by atoms with Crippen LogP contribution in [-0.4, -0.2) is 25.2 Å². The molecule has 0 bridgehead atoms. The lowest BCUT2D eigenvalue weighted by Gasteiger charge is -2.15. The van der Waals surface area contributed by atoms with Gasteiger partial charge in [0, 0.05) is 0 Å². The number of hydrogen-bond donors (Lipinski definition) is 2. The Labute approximate surface area is 104 Å². The van der Waals surface area contributed by atoms with Crippen LogP contribution in [0.5, 0.6) is 0 Å². The van der Waals surface area contributed by atoms with Gasteiger partial charge in [0.25, 0.3) is 0 Å². The van der Waals surface area contributed by atoms with Crippen LogP contribution in [0.3, 0.4) is 0 Å². The van der Waals surface area contributed by atoms with Gasteiger partial charge >= 0.3 is 12.0 Å². The number of nitrogens with one attached hydrogen (secondary N) is 2. The molecule has 1 aromatic rings. The molecule has 0 aliphatic carbocycles. The van der Waals surface area contributed by atoms with Crippen LogP contribution in [0.4, 0.5) is 14.9 Å². The molecule has 0 heterocycles. The van der Waals surface area contributed by atoms with Crippen LogP contribution in [0.1, 0.15) is 13.3 Å². The topological polar surface area (TPSA) is 67.4 Å². The lowest BCUT2D eigenvalue weighted by molar-refractivity contribution is -0.142. The van der Waals surface area contributed by atoms with E-state index in [1.165, 1.54) is 25.3 Å². The standard InChI is InChI=1S/C12H15FN2O3/c1-3-9(11(16)18-2)14-12(17)15-10-7-5-4-6-8(10)13/h4-7,9H,3H2,1-2H3,(H2,14,15,17). The number of urea groups is 1. The van der Waals surface area contributed by atoms with Gasteiger partial charge in [-0.3, -0.25) is 0 Å². The third kappa shape index (κ3) is 3.73. The molecule has 18 heavy (non-hydrogen) atoms. The summed E-state index contributed by atoms with van der Waals surface area (Å²) < 4.78 is 17.8. The predicted molar refractivity (Wildman–Crippen MR) is 64.6 cm³/mol. The number of anilines is 1. The zero-order valence-electron chi connectivity index (χ0n) is 10.2. The summed E-state index contributed by atoms with van der Waals surface area (Å²) in [6, 6.07) is 4.36. The first-order chi connectivity index (χ1) is 8.58. The summed E-state index contributed by atoms with van der Waals surface area (Å²) in [6.07, 6.45) is 0.386. The average Bonchev–Trinajstić information content (AvgIpc) is 2.37. The summed E-state index contributed by atoms with van der Waals surface area (Å²) in [7, 11) is 1.24. The summed E-state index contributed by atoms with van der Waals surface area (Å²) in [4.78, 5) is 22.8. The Morgan fingerprint density at radius 1 is 1.39 bits per heavy atom. The van der Waals surface area contributed by atoms with Crippen molar-refractivity contribution in [3.63, 3.8) is 0 Å². The SMILES string of the molecule is CCC(NC(=O)Nc1ccccc1F)C(=O)OC. The van der Waals surface area contributed by atoms with Crippen molar-refractivity contribution in [2.24, 2.45) is 0 Å². The van der Waals surface area contributed by atoms with E-state index in [9.17, 15) is 14.0 Å². The van der Waals surface area contributed by atoms with Crippen LogP contribution in [-0.2, 0) is 9.53 Å². The molecule has 2 amide bonds. The Morgan fingerprint density at radius 2 is 2.06 bits per heavy atom. The first kappa shape index (κ1) is 14.0. The van der Waals surface area contributed by atoms with E-state index < -0.39 is 23.9 Å². The molecule has 0 saturated heterocycles. The van der Waals surface area contributed by atoms with Gasteiger partial charge in [-0.2, -0.15) is 0 Å². The number of benzene rings is 1. The predicted octanol–water partition coefficient (Wildman–Crippen LogP) is 1.90. The first-order valence-corrected chi connectivity index (χ1v) is 5.48. The van der Waals surface area contributed by atoms with Gasteiger partial charge in [-0.05, 0) is 18.6 Å². The number of amides is 2. The van der Waals surface area contributed by atoms with Gasteiger partial charge in [-0.1, -0.05) is 19.1 Å². The highest BCUT2D eigenvalue weighted by molar-refractivity contribution is 5.92. The summed E-state index contributed by atoms with van der Waals surface area (Å²) in [6.45, 7) is 1.73. The second kappa shape index (κ2) is 6.58. The van der Waals surface area contributed by atoms with E-state index in [1.54, 1.807) is 13.0 Å². The normalized spacial score (nSPS) is 11.5. The molecule has 2 N–H and O–H groups in total. The number of carbonyl (C=O) groups excluding carboxylic acids is 2. The molecule has 1 aromatic carbocycles. The summed E-state index contributed by atoms with van der Waals surface area (Å²) >= 11 is 0. The number of methoxy groups -OCH3 is 1.